The molecule has 0 aliphatic heterocycles. The molecule has 1 heterocycles. The van der Waals surface area contributed by atoms with Crippen molar-refractivity contribution >= 4 is 11.6 Å². The average Bonchev–Trinajstić information content (AvgIpc) is 2.86. The lowest BCUT2D eigenvalue weighted by molar-refractivity contribution is -0.253. The summed E-state index contributed by atoms with van der Waals surface area (Å²) >= 11 is 6.00. The van der Waals surface area contributed by atoms with Crippen LogP contribution in [0.2, 0.25) is 5.02 Å². The van der Waals surface area contributed by atoms with E-state index in [4.69, 9.17) is 11.6 Å². The van der Waals surface area contributed by atoms with Crippen LogP contribution in [0.5, 0.6) is 5.75 Å². The molecule has 196 valence electrons. The molecule has 0 saturated heterocycles. The zero-order valence-corrected chi connectivity index (χ0v) is 21.5. The Labute approximate surface area is 215 Å². The molecule has 2 N–H and O–H groups in total. The van der Waals surface area contributed by atoms with Gasteiger partial charge in [-0.2, -0.15) is 17.6 Å². The van der Waals surface area contributed by atoms with Crippen molar-refractivity contribution in [1.82, 2.24) is 15.6 Å². The van der Waals surface area contributed by atoms with Gasteiger partial charge in [0.1, 0.15) is 5.75 Å². The van der Waals surface area contributed by atoms with Crippen molar-refractivity contribution in [3.8, 4) is 5.75 Å². The third-order valence-electron chi connectivity index (χ3n) is 5.59. The number of nitrogens with zero attached hydrogens (tertiary/aromatic N) is 1. The first-order chi connectivity index (χ1) is 17.0. The van der Waals surface area contributed by atoms with Gasteiger partial charge in [0.05, 0.1) is 16.3 Å². The first-order valence-corrected chi connectivity index (χ1v) is 11.9. The SMILES string of the molecule is CNC(C)C.CN[C@@](Cc1ccccc1)(Cc1ccccc1OC(F)(F)C(F)F)c1ccc(Cl)cn1. The summed E-state index contributed by atoms with van der Waals surface area (Å²) in [5.41, 5.74) is 1.10. The van der Waals surface area contributed by atoms with Crippen molar-refractivity contribution in [2.24, 2.45) is 0 Å². The van der Waals surface area contributed by atoms with Gasteiger partial charge < -0.3 is 15.4 Å². The van der Waals surface area contributed by atoms with Crippen molar-refractivity contribution in [3.63, 3.8) is 0 Å². The number of rotatable bonds is 10. The Balaban J connectivity index is 0.000000830. The van der Waals surface area contributed by atoms with Gasteiger partial charge in [0, 0.05) is 18.7 Å². The second kappa shape index (κ2) is 13.6. The molecular weight excluding hydrogens is 494 g/mol. The molecular formula is C27H32ClF4N3O. The number of ether oxygens (including phenoxy) is 1. The Kier molecular flexibility index (Phi) is 11.1. The number of alkyl halides is 4. The zero-order valence-electron chi connectivity index (χ0n) is 20.7. The number of aromatic nitrogens is 1. The first-order valence-electron chi connectivity index (χ1n) is 11.5. The molecule has 0 radical (unpaired) electrons. The van der Waals surface area contributed by atoms with E-state index >= 15 is 0 Å². The van der Waals surface area contributed by atoms with E-state index < -0.39 is 18.1 Å². The number of hydrogen-bond acceptors (Lipinski definition) is 4. The lowest BCUT2D eigenvalue weighted by Gasteiger charge is -2.34. The van der Waals surface area contributed by atoms with E-state index in [9.17, 15) is 17.6 Å². The average molecular weight is 526 g/mol. The van der Waals surface area contributed by atoms with E-state index in [0.717, 1.165) is 5.56 Å². The summed E-state index contributed by atoms with van der Waals surface area (Å²) in [6, 6.07) is 19.6. The molecule has 0 unspecified atom stereocenters. The van der Waals surface area contributed by atoms with Gasteiger partial charge in [0.2, 0.25) is 0 Å². The second-order valence-corrected chi connectivity index (χ2v) is 8.99. The minimum Gasteiger partial charge on any atom is -0.428 e. The zero-order chi connectivity index (χ0) is 26.8. The molecule has 3 rings (SSSR count). The number of benzene rings is 2. The van der Waals surface area contributed by atoms with Gasteiger partial charge in [-0.15, -0.1) is 0 Å². The van der Waals surface area contributed by atoms with Crippen LogP contribution in [0.15, 0.2) is 72.9 Å². The van der Waals surface area contributed by atoms with Crippen LogP contribution < -0.4 is 15.4 Å². The van der Waals surface area contributed by atoms with Crippen molar-refractivity contribution < 1.29 is 22.3 Å². The van der Waals surface area contributed by atoms with Gasteiger partial charge in [-0.1, -0.05) is 74.0 Å². The molecule has 0 aliphatic carbocycles. The molecule has 0 saturated carbocycles. The molecule has 36 heavy (non-hydrogen) atoms. The summed E-state index contributed by atoms with van der Waals surface area (Å²) < 4.78 is 57.1. The quantitative estimate of drug-likeness (QED) is 0.297. The van der Waals surface area contributed by atoms with Crippen LogP contribution in [-0.2, 0) is 18.4 Å². The van der Waals surface area contributed by atoms with Crippen molar-refractivity contribution in [3.05, 3.63) is 94.8 Å². The highest BCUT2D eigenvalue weighted by Crippen LogP contribution is 2.35. The molecule has 4 nitrogen and oxygen atoms in total. The molecule has 1 aromatic heterocycles. The maximum atomic E-state index is 13.6. The van der Waals surface area contributed by atoms with Crippen molar-refractivity contribution in [1.29, 1.82) is 0 Å². The minimum atomic E-state index is -4.60. The maximum Gasteiger partial charge on any atom is 0.461 e. The predicted octanol–water partition coefficient (Wildman–Crippen LogP) is 6.49. The van der Waals surface area contributed by atoms with Crippen LogP contribution in [0.1, 0.15) is 30.7 Å². The lowest BCUT2D eigenvalue weighted by atomic mass is 9.81. The van der Waals surface area contributed by atoms with E-state index in [1.54, 1.807) is 31.3 Å². The molecule has 1 atom stereocenters. The Bertz CT molecular complexity index is 1050. The summed E-state index contributed by atoms with van der Waals surface area (Å²) in [6.45, 7) is 4.22. The molecule has 2 aromatic carbocycles. The smallest absolute Gasteiger partial charge is 0.428 e. The highest BCUT2D eigenvalue weighted by Gasteiger charge is 2.44. The topological polar surface area (TPSA) is 46.2 Å². The summed E-state index contributed by atoms with van der Waals surface area (Å²) in [7, 11) is 3.68. The Hall–Kier alpha value is -2.68. The van der Waals surface area contributed by atoms with Crippen LogP contribution in [0.25, 0.3) is 0 Å². The molecule has 0 bridgehead atoms. The molecule has 0 spiro atoms. The Morgan fingerprint density at radius 1 is 0.917 bits per heavy atom. The summed E-state index contributed by atoms with van der Waals surface area (Å²) in [4.78, 5) is 4.44. The van der Waals surface area contributed by atoms with Gasteiger partial charge in [-0.05, 0) is 49.8 Å². The van der Waals surface area contributed by atoms with Gasteiger partial charge in [-0.3, -0.25) is 4.98 Å². The fourth-order valence-electron chi connectivity index (χ4n) is 3.42. The van der Waals surface area contributed by atoms with Crippen LogP contribution >= 0.6 is 11.6 Å². The fraction of sp³-hybridized carbons (Fsp3) is 0.370. The monoisotopic (exact) mass is 525 g/mol. The third-order valence-corrected chi connectivity index (χ3v) is 5.81. The van der Waals surface area contributed by atoms with E-state index in [0.29, 0.717) is 28.7 Å². The minimum absolute atomic E-state index is 0.155. The Morgan fingerprint density at radius 3 is 2.06 bits per heavy atom. The third kappa shape index (κ3) is 8.47. The number of likely N-dealkylation sites (N-methyl/N-ethyl adjacent to an activating group) is 1. The lowest BCUT2D eigenvalue weighted by Crippen LogP contribution is -2.45. The number of nitrogens with one attached hydrogen (secondary N) is 2. The fourth-order valence-corrected chi connectivity index (χ4v) is 3.53. The van der Waals surface area contributed by atoms with Crippen molar-refractivity contribution in [2.45, 2.75) is 50.8 Å². The van der Waals surface area contributed by atoms with Crippen LogP contribution in [0.4, 0.5) is 17.6 Å². The van der Waals surface area contributed by atoms with Crippen LogP contribution in [-0.4, -0.2) is 37.7 Å². The number of halogens is 5. The van der Waals surface area contributed by atoms with Crippen LogP contribution in [0, 0.1) is 0 Å². The van der Waals surface area contributed by atoms with Gasteiger partial charge in [0.15, 0.2) is 0 Å². The summed E-state index contributed by atoms with van der Waals surface area (Å²) in [6.07, 6.45) is -6.43. The maximum absolute atomic E-state index is 13.6. The second-order valence-electron chi connectivity index (χ2n) is 8.55. The molecule has 0 fully saturated rings. The normalized spacial score (nSPS) is 13.2. The molecule has 9 heteroatoms. The molecule has 3 aromatic rings. The highest BCUT2D eigenvalue weighted by atomic mass is 35.5. The number of para-hydroxylation sites is 1. The van der Waals surface area contributed by atoms with Crippen LogP contribution in [0.3, 0.4) is 0 Å². The van der Waals surface area contributed by atoms with Gasteiger partial charge in [0.25, 0.3) is 0 Å². The van der Waals surface area contributed by atoms with Gasteiger partial charge in [-0.25, -0.2) is 0 Å². The molecule has 0 aliphatic rings. The first kappa shape index (κ1) is 29.5. The van der Waals surface area contributed by atoms with Crippen molar-refractivity contribution in [2.75, 3.05) is 14.1 Å². The molecule has 0 amide bonds. The van der Waals surface area contributed by atoms with E-state index in [1.165, 1.54) is 18.3 Å². The highest BCUT2D eigenvalue weighted by molar-refractivity contribution is 6.30. The van der Waals surface area contributed by atoms with E-state index in [1.807, 2.05) is 37.4 Å². The number of pyridine rings is 1. The van der Waals surface area contributed by atoms with Gasteiger partial charge >= 0.3 is 12.5 Å². The predicted molar refractivity (Wildman–Crippen MR) is 136 cm³/mol. The Morgan fingerprint density at radius 2 is 1.53 bits per heavy atom. The standard InChI is InChI=1S/C23H21ClF4N2O.C4H11N/c1-29-22(13-16-7-3-2-4-8-16,20-12-11-18(24)15-30-20)14-17-9-5-6-10-19(17)31-23(27,28)21(25)26;1-4(2)5-3/h2-12,15,21,29H,13-14H2,1H3;4-5H,1-3H3/t22-;/m0./s1. The van der Waals surface area contributed by atoms with E-state index in [2.05, 4.69) is 34.2 Å². The largest absolute Gasteiger partial charge is 0.461 e. The summed E-state index contributed by atoms with van der Waals surface area (Å²) in [5, 5.41) is 6.74. The number of hydrogen-bond donors (Lipinski definition) is 2. The van der Waals surface area contributed by atoms with E-state index in [-0.39, 0.29) is 12.2 Å². The summed E-state index contributed by atoms with van der Waals surface area (Å²) in [5.74, 6) is -0.311.